The number of nitrogens with zero attached hydrogens (tertiary/aromatic N) is 2. The maximum atomic E-state index is 6.16. The van der Waals surface area contributed by atoms with E-state index in [0.29, 0.717) is 5.54 Å². The van der Waals surface area contributed by atoms with Gasteiger partial charge in [0.1, 0.15) is 0 Å². The minimum Gasteiger partial charge on any atom is -0.329 e. The average Bonchev–Trinajstić information content (AvgIpc) is 3.09. The molecule has 98 valence electrons. The fourth-order valence-electron chi connectivity index (χ4n) is 3.81. The summed E-state index contributed by atoms with van der Waals surface area (Å²) in [6, 6.07) is 0.908. The van der Waals surface area contributed by atoms with E-state index in [2.05, 4.69) is 16.7 Å². The molecule has 0 bridgehead atoms. The Balaban J connectivity index is 1.68. The van der Waals surface area contributed by atoms with E-state index in [9.17, 15) is 0 Å². The van der Waals surface area contributed by atoms with Crippen molar-refractivity contribution in [1.82, 2.24) is 9.80 Å². The normalized spacial score (nSPS) is 40.9. The molecule has 1 aliphatic carbocycles. The average molecular weight is 237 g/mol. The summed E-state index contributed by atoms with van der Waals surface area (Å²) < 4.78 is 0. The van der Waals surface area contributed by atoms with Gasteiger partial charge in [0.25, 0.3) is 0 Å². The predicted molar refractivity (Wildman–Crippen MR) is 71.0 cm³/mol. The molecule has 3 nitrogen and oxygen atoms in total. The van der Waals surface area contributed by atoms with Crippen molar-refractivity contribution < 1.29 is 0 Å². The van der Waals surface area contributed by atoms with Gasteiger partial charge in [-0.2, -0.15) is 0 Å². The highest BCUT2D eigenvalue weighted by Crippen LogP contribution is 2.37. The Morgan fingerprint density at radius 1 is 1.24 bits per heavy atom. The second-order valence-corrected chi connectivity index (χ2v) is 6.57. The number of hydrogen-bond acceptors (Lipinski definition) is 3. The van der Waals surface area contributed by atoms with Gasteiger partial charge in [0.2, 0.25) is 0 Å². The Kier molecular flexibility index (Phi) is 3.18. The lowest BCUT2D eigenvalue weighted by molar-refractivity contribution is 0.0559. The van der Waals surface area contributed by atoms with Gasteiger partial charge in [-0.25, -0.2) is 0 Å². The zero-order valence-corrected chi connectivity index (χ0v) is 11.2. The smallest absolute Gasteiger partial charge is 0.0470 e. The summed E-state index contributed by atoms with van der Waals surface area (Å²) in [5.74, 6) is 0.863. The Morgan fingerprint density at radius 2 is 2.06 bits per heavy atom. The number of hydrogen-bond donors (Lipinski definition) is 1. The molecule has 2 N–H and O–H groups in total. The van der Waals surface area contributed by atoms with E-state index in [4.69, 9.17) is 5.73 Å². The molecule has 3 aliphatic rings. The first kappa shape index (κ1) is 11.9. The van der Waals surface area contributed by atoms with Gasteiger partial charge in [-0.15, -0.1) is 0 Å². The van der Waals surface area contributed by atoms with Gasteiger partial charge in [0, 0.05) is 37.8 Å². The molecule has 3 heteroatoms. The van der Waals surface area contributed by atoms with Crippen LogP contribution in [0.2, 0.25) is 0 Å². The van der Waals surface area contributed by atoms with Crippen LogP contribution in [-0.2, 0) is 0 Å². The largest absolute Gasteiger partial charge is 0.329 e. The molecule has 2 saturated heterocycles. The van der Waals surface area contributed by atoms with Crippen molar-refractivity contribution in [2.45, 2.75) is 50.6 Å². The van der Waals surface area contributed by atoms with Crippen molar-refractivity contribution in [1.29, 1.82) is 0 Å². The minimum absolute atomic E-state index is 0.317. The maximum absolute atomic E-state index is 6.16. The van der Waals surface area contributed by atoms with Gasteiger partial charge in [0.05, 0.1) is 0 Å². The highest BCUT2D eigenvalue weighted by molar-refractivity contribution is 5.04. The van der Waals surface area contributed by atoms with Crippen LogP contribution < -0.4 is 5.73 Å². The highest BCUT2D eigenvalue weighted by Gasteiger charge is 2.46. The topological polar surface area (TPSA) is 32.5 Å². The van der Waals surface area contributed by atoms with Crippen molar-refractivity contribution in [2.24, 2.45) is 11.7 Å². The fraction of sp³-hybridized carbons (Fsp3) is 1.00. The van der Waals surface area contributed by atoms with Crippen LogP contribution in [0.4, 0.5) is 0 Å². The fourth-order valence-corrected chi connectivity index (χ4v) is 3.81. The van der Waals surface area contributed by atoms with Crippen molar-refractivity contribution in [3.63, 3.8) is 0 Å². The number of piperidine rings is 1. The van der Waals surface area contributed by atoms with Crippen LogP contribution in [0.5, 0.6) is 0 Å². The number of likely N-dealkylation sites (tertiary alicyclic amines) is 2. The van der Waals surface area contributed by atoms with Crippen LogP contribution in [0.25, 0.3) is 0 Å². The van der Waals surface area contributed by atoms with Crippen LogP contribution in [-0.4, -0.2) is 54.1 Å². The van der Waals surface area contributed by atoms with Crippen LogP contribution >= 0.6 is 0 Å². The summed E-state index contributed by atoms with van der Waals surface area (Å²) in [6.07, 6.45) is 6.93. The van der Waals surface area contributed by atoms with Gasteiger partial charge in [0.15, 0.2) is 0 Å². The lowest BCUT2D eigenvalue weighted by Crippen LogP contribution is -2.58. The summed E-state index contributed by atoms with van der Waals surface area (Å²) >= 11 is 0. The molecular weight excluding hydrogens is 210 g/mol. The lowest BCUT2D eigenvalue weighted by atomic mass is 9.90. The third-order valence-corrected chi connectivity index (χ3v) is 5.13. The summed E-state index contributed by atoms with van der Waals surface area (Å²) in [6.45, 7) is 8.32. The first-order chi connectivity index (χ1) is 8.23. The van der Waals surface area contributed by atoms with E-state index >= 15 is 0 Å². The summed E-state index contributed by atoms with van der Waals surface area (Å²) in [7, 11) is 0. The molecule has 2 unspecified atom stereocenters. The van der Waals surface area contributed by atoms with Crippen LogP contribution in [0.15, 0.2) is 0 Å². The molecule has 0 amide bonds. The summed E-state index contributed by atoms with van der Waals surface area (Å²) in [5.41, 5.74) is 6.48. The van der Waals surface area contributed by atoms with Gasteiger partial charge in [-0.1, -0.05) is 6.92 Å². The maximum Gasteiger partial charge on any atom is 0.0470 e. The van der Waals surface area contributed by atoms with Crippen molar-refractivity contribution in [2.75, 3.05) is 32.7 Å². The Morgan fingerprint density at radius 3 is 2.71 bits per heavy atom. The molecule has 3 fully saturated rings. The van der Waals surface area contributed by atoms with E-state index in [-0.39, 0.29) is 0 Å². The molecule has 2 heterocycles. The summed E-state index contributed by atoms with van der Waals surface area (Å²) in [4.78, 5) is 5.43. The standard InChI is InChI=1S/C14H27N3/c1-12-3-2-7-17(9-12)14(10-15)6-8-16(11-14)13-4-5-13/h12-13H,2-11,15H2,1H3. The van der Waals surface area contributed by atoms with Gasteiger partial charge >= 0.3 is 0 Å². The Bertz CT molecular complexity index is 277. The Labute approximate surface area is 105 Å². The molecule has 0 aromatic carbocycles. The van der Waals surface area contributed by atoms with Crippen molar-refractivity contribution >= 4 is 0 Å². The number of rotatable bonds is 3. The third-order valence-electron chi connectivity index (χ3n) is 5.13. The van der Waals surface area contributed by atoms with Crippen molar-refractivity contribution in [3.8, 4) is 0 Å². The first-order valence-electron chi connectivity index (χ1n) is 7.43. The van der Waals surface area contributed by atoms with E-state index in [1.165, 1.54) is 58.3 Å². The highest BCUT2D eigenvalue weighted by atomic mass is 15.3. The zero-order chi connectivity index (χ0) is 11.9. The van der Waals surface area contributed by atoms with Gasteiger partial charge in [-0.05, 0) is 44.6 Å². The molecule has 17 heavy (non-hydrogen) atoms. The lowest BCUT2D eigenvalue weighted by Gasteiger charge is -2.44. The Hall–Kier alpha value is -0.120. The third kappa shape index (κ3) is 2.25. The molecule has 2 atom stereocenters. The monoisotopic (exact) mass is 237 g/mol. The molecule has 0 radical (unpaired) electrons. The molecule has 1 saturated carbocycles. The molecule has 0 aromatic heterocycles. The predicted octanol–water partition coefficient (Wildman–Crippen LogP) is 1.28. The molecule has 0 aromatic rings. The van der Waals surface area contributed by atoms with Gasteiger partial charge < -0.3 is 5.73 Å². The van der Waals surface area contributed by atoms with E-state index in [1.807, 2.05) is 0 Å². The number of nitrogens with two attached hydrogens (primary N) is 1. The SMILES string of the molecule is CC1CCCN(C2(CN)CCN(C3CC3)C2)C1. The molecular formula is C14H27N3. The van der Waals surface area contributed by atoms with E-state index in [1.54, 1.807) is 0 Å². The van der Waals surface area contributed by atoms with Gasteiger partial charge in [-0.3, -0.25) is 9.80 Å². The van der Waals surface area contributed by atoms with E-state index in [0.717, 1.165) is 18.5 Å². The molecule has 3 rings (SSSR count). The first-order valence-corrected chi connectivity index (χ1v) is 7.43. The van der Waals surface area contributed by atoms with Crippen LogP contribution in [0.1, 0.15) is 39.0 Å². The minimum atomic E-state index is 0.317. The van der Waals surface area contributed by atoms with Crippen LogP contribution in [0.3, 0.4) is 0 Å². The van der Waals surface area contributed by atoms with Crippen LogP contribution in [0, 0.1) is 5.92 Å². The summed E-state index contributed by atoms with van der Waals surface area (Å²) in [5, 5.41) is 0. The molecule has 2 aliphatic heterocycles. The second kappa shape index (κ2) is 4.52. The molecule has 0 spiro atoms. The van der Waals surface area contributed by atoms with E-state index < -0.39 is 0 Å². The second-order valence-electron chi connectivity index (χ2n) is 6.57. The quantitative estimate of drug-likeness (QED) is 0.803. The zero-order valence-electron chi connectivity index (χ0n) is 11.2. The van der Waals surface area contributed by atoms with Crippen molar-refractivity contribution in [3.05, 3.63) is 0 Å².